The molecule has 1 aromatic carbocycles. The molecule has 4 rings (SSSR count). The van der Waals surface area contributed by atoms with Gasteiger partial charge in [-0.3, -0.25) is 14.5 Å². The highest BCUT2D eigenvalue weighted by molar-refractivity contribution is 6.30. The first-order valence-corrected chi connectivity index (χ1v) is 11.5. The average molecular weight is 444 g/mol. The number of fused-ring (bicyclic) bond motifs is 1. The standard InChI is InChI=1S/C23H30ClN5O2/c1-17-6-2-3-11-27(17)12-5-10-25-21(30)16-28-22-15-20(18-7-4-8-19(24)14-18)26-29(22)13-9-23(28)31/h4,7-8,14-15,17H,2-3,5-6,9-13,16H2,1H3,(H,25,30). The van der Waals surface area contributed by atoms with Crippen LogP contribution in [0.3, 0.4) is 0 Å². The number of benzene rings is 1. The Bertz CT molecular complexity index is 944. The number of hydrogen-bond acceptors (Lipinski definition) is 4. The van der Waals surface area contributed by atoms with Crippen molar-refractivity contribution < 1.29 is 9.59 Å². The number of aromatic nitrogens is 2. The van der Waals surface area contributed by atoms with Gasteiger partial charge < -0.3 is 10.2 Å². The molecule has 3 heterocycles. The summed E-state index contributed by atoms with van der Waals surface area (Å²) in [6.45, 7) is 5.58. The maximum atomic E-state index is 12.5. The molecule has 0 spiro atoms. The summed E-state index contributed by atoms with van der Waals surface area (Å²) in [5, 5.41) is 8.22. The lowest BCUT2D eigenvalue weighted by Crippen LogP contribution is -2.45. The number of aryl methyl sites for hydroxylation is 1. The van der Waals surface area contributed by atoms with Crippen LogP contribution in [0.4, 0.5) is 5.82 Å². The number of nitrogens with one attached hydrogen (secondary N) is 1. The number of piperidine rings is 1. The van der Waals surface area contributed by atoms with E-state index in [1.54, 1.807) is 4.68 Å². The zero-order chi connectivity index (χ0) is 21.8. The lowest BCUT2D eigenvalue weighted by molar-refractivity contribution is -0.124. The molecule has 166 valence electrons. The van der Waals surface area contributed by atoms with Gasteiger partial charge in [0, 0.05) is 42.2 Å². The van der Waals surface area contributed by atoms with Crippen LogP contribution in [0.1, 0.15) is 39.0 Å². The summed E-state index contributed by atoms with van der Waals surface area (Å²) in [4.78, 5) is 29.1. The number of hydrogen-bond donors (Lipinski definition) is 1. The van der Waals surface area contributed by atoms with Crippen molar-refractivity contribution in [2.45, 2.75) is 51.6 Å². The van der Waals surface area contributed by atoms with Crippen LogP contribution in [0.5, 0.6) is 0 Å². The summed E-state index contributed by atoms with van der Waals surface area (Å²) >= 11 is 6.10. The Labute approximate surface area is 188 Å². The molecule has 2 aromatic rings. The normalized spacial score (nSPS) is 19.4. The highest BCUT2D eigenvalue weighted by Gasteiger charge is 2.28. The molecule has 2 aliphatic heterocycles. The quantitative estimate of drug-likeness (QED) is 0.666. The lowest BCUT2D eigenvalue weighted by atomic mass is 10.0. The minimum absolute atomic E-state index is 0.0135. The SMILES string of the molecule is CC1CCCCN1CCCNC(=O)CN1C(=O)CCn2nc(-c3cccc(Cl)c3)cc21. The molecule has 1 atom stereocenters. The van der Waals surface area contributed by atoms with E-state index in [1.165, 1.54) is 24.2 Å². The molecule has 1 aromatic heterocycles. The number of halogens is 1. The smallest absolute Gasteiger partial charge is 0.240 e. The summed E-state index contributed by atoms with van der Waals surface area (Å²) in [7, 11) is 0. The van der Waals surface area contributed by atoms with Crippen molar-refractivity contribution in [2.75, 3.05) is 31.1 Å². The van der Waals surface area contributed by atoms with Crippen molar-refractivity contribution >= 4 is 29.2 Å². The van der Waals surface area contributed by atoms with Crippen molar-refractivity contribution in [1.82, 2.24) is 20.0 Å². The molecule has 1 saturated heterocycles. The van der Waals surface area contributed by atoms with E-state index in [9.17, 15) is 9.59 Å². The summed E-state index contributed by atoms with van der Waals surface area (Å²) < 4.78 is 1.79. The Morgan fingerprint density at radius 3 is 2.94 bits per heavy atom. The molecule has 0 bridgehead atoms. The summed E-state index contributed by atoms with van der Waals surface area (Å²) in [6, 6.07) is 9.95. The second-order valence-electron chi connectivity index (χ2n) is 8.44. The summed E-state index contributed by atoms with van der Waals surface area (Å²) in [6.07, 6.45) is 5.09. The van der Waals surface area contributed by atoms with E-state index in [1.807, 2.05) is 30.3 Å². The maximum Gasteiger partial charge on any atom is 0.240 e. The number of carbonyl (C=O) groups excluding carboxylic acids is 2. The fraction of sp³-hybridized carbons (Fsp3) is 0.522. The lowest BCUT2D eigenvalue weighted by Gasteiger charge is -2.33. The zero-order valence-electron chi connectivity index (χ0n) is 18.0. The van der Waals surface area contributed by atoms with E-state index in [-0.39, 0.29) is 18.4 Å². The van der Waals surface area contributed by atoms with Crippen molar-refractivity contribution in [3.8, 4) is 11.3 Å². The highest BCUT2D eigenvalue weighted by atomic mass is 35.5. The first-order valence-electron chi connectivity index (χ1n) is 11.2. The molecular formula is C23H30ClN5O2. The molecule has 31 heavy (non-hydrogen) atoms. The molecule has 1 unspecified atom stereocenters. The zero-order valence-corrected chi connectivity index (χ0v) is 18.8. The van der Waals surface area contributed by atoms with Gasteiger partial charge in [0.05, 0.1) is 12.2 Å². The van der Waals surface area contributed by atoms with Crippen LogP contribution in [0.25, 0.3) is 11.3 Å². The van der Waals surface area contributed by atoms with E-state index in [0.29, 0.717) is 36.4 Å². The Balaban J connectivity index is 1.34. The third kappa shape index (κ3) is 5.28. The monoisotopic (exact) mass is 443 g/mol. The molecule has 0 aliphatic carbocycles. The minimum Gasteiger partial charge on any atom is -0.354 e. The van der Waals surface area contributed by atoms with Crippen molar-refractivity contribution in [3.63, 3.8) is 0 Å². The van der Waals surface area contributed by atoms with Crippen LogP contribution < -0.4 is 10.2 Å². The molecule has 7 nitrogen and oxygen atoms in total. The largest absolute Gasteiger partial charge is 0.354 e. The molecule has 0 saturated carbocycles. The highest BCUT2D eigenvalue weighted by Crippen LogP contribution is 2.29. The molecule has 2 aliphatic rings. The minimum atomic E-state index is -0.140. The number of nitrogens with zero attached hydrogens (tertiary/aromatic N) is 4. The van der Waals surface area contributed by atoms with E-state index in [0.717, 1.165) is 30.8 Å². The van der Waals surface area contributed by atoms with E-state index in [4.69, 9.17) is 11.6 Å². The van der Waals surface area contributed by atoms with Gasteiger partial charge in [-0.25, -0.2) is 4.68 Å². The van der Waals surface area contributed by atoms with Gasteiger partial charge in [0.1, 0.15) is 12.4 Å². The first kappa shape index (κ1) is 21.8. The van der Waals surface area contributed by atoms with Crippen LogP contribution >= 0.6 is 11.6 Å². The van der Waals surface area contributed by atoms with Gasteiger partial charge in [-0.2, -0.15) is 5.10 Å². The fourth-order valence-corrected chi connectivity index (χ4v) is 4.60. The predicted octanol–water partition coefficient (Wildman–Crippen LogP) is 3.32. The molecule has 1 N–H and O–H groups in total. The van der Waals surface area contributed by atoms with E-state index >= 15 is 0 Å². The Morgan fingerprint density at radius 1 is 1.26 bits per heavy atom. The maximum absolute atomic E-state index is 12.5. The molecule has 8 heteroatoms. The van der Waals surface area contributed by atoms with Gasteiger partial charge in [-0.15, -0.1) is 0 Å². The van der Waals surface area contributed by atoms with E-state index in [2.05, 4.69) is 22.2 Å². The van der Waals surface area contributed by atoms with Gasteiger partial charge in [-0.05, 0) is 44.9 Å². The van der Waals surface area contributed by atoms with Crippen LogP contribution in [-0.2, 0) is 16.1 Å². The molecular weight excluding hydrogens is 414 g/mol. The fourth-order valence-electron chi connectivity index (χ4n) is 4.41. The predicted molar refractivity (Wildman–Crippen MR) is 122 cm³/mol. The number of amides is 2. The van der Waals surface area contributed by atoms with Gasteiger partial charge in [0.15, 0.2) is 0 Å². The molecule has 1 fully saturated rings. The second-order valence-corrected chi connectivity index (χ2v) is 8.87. The number of anilines is 1. The summed E-state index contributed by atoms with van der Waals surface area (Å²) in [5.41, 5.74) is 1.63. The van der Waals surface area contributed by atoms with Crippen LogP contribution in [0.2, 0.25) is 5.02 Å². The van der Waals surface area contributed by atoms with Crippen LogP contribution in [0.15, 0.2) is 30.3 Å². The van der Waals surface area contributed by atoms with Crippen molar-refractivity contribution in [2.24, 2.45) is 0 Å². The van der Waals surface area contributed by atoms with E-state index < -0.39 is 0 Å². The Kier molecular flexibility index (Phi) is 6.92. The average Bonchev–Trinajstić information content (AvgIpc) is 3.19. The van der Waals surface area contributed by atoms with Gasteiger partial charge in [-0.1, -0.05) is 30.2 Å². The Morgan fingerprint density at radius 2 is 2.13 bits per heavy atom. The molecule has 0 radical (unpaired) electrons. The third-order valence-corrected chi connectivity index (χ3v) is 6.42. The van der Waals surface area contributed by atoms with Gasteiger partial charge >= 0.3 is 0 Å². The summed E-state index contributed by atoms with van der Waals surface area (Å²) in [5.74, 6) is 0.463. The number of rotatable bonds is 7. The van der Waals surface area contributed by atoms with Crippen molar-refractivity contribution in [1.29, 1.82) is 0 Å². The van der Waals surface area contributed by atoms with Gasteiger partial charge in [0.25, 0.3) is 0 Å². The van der Waals surface area contributed by atoms with Crippen LogP contribution in [-0.4, -0.2) is 58.7 Å². The Hall–Kier alpha value is -2.38. The molecule has 2 amide bonds. The first-order chi connectivity index (χ1) is 15.0. The number of carbonyl (C=O) groups is 2. The topological polar surface area (TPSA) is 70.5 Å². The third-order valence-electron chi connectivity index (χ3n) is 6.18. The number of likely N-dealkylation sites (tertiary alicyclic amines) is 1. The van der Waals surface area contributed by atoms with Crippen molar-refractivity contribution in [3.05, 3.63) is 35.4 Å². The van der Waals surface area contributed by atoms with Crippen LogP contribution in [0, 0.1) is 0 Å². The second kappa shape index (κ2) is 9.83. The van der Waals surface area contributed by atoms with Gasteiger partial charge in [0.2, 0.25) is 11.8 Å².